The average molecular weight is 363 g/mol. The third-order valence-electron chi connectivity index (χ3n) is 4.87. The van der Waals surface area contributed by atoms with E-state index < -0.39 is 0 Å². The van der Waals surface area contributed by atoms with Gasteiger partial charge in [0.1, 0.15) is 0 Å². The lowest BCUT2D eigenvalue weighted by Gasteiger charge is -2.32. The van der Waals surface area contributed by atoms with E-state index in [9.17, 15) is 9.59 Å². The maximum absolute atomic E-state index is 12.6. The van der Waals surface area contributed by atoms with E-state index in [1.54, 1.807) is 24.3 Å². The summed E-state index contributed by atoms with van der Waals surface area (Å²) in [7, 11) is 2.06. The molecule has 3 aromatic rings. The van der Waals surface area contributed by atoms with Crippen molar-refractivity contribution in [1.29, 1.82) is 0 Å². The van der Waals surface area contributed by atoms with Gasteiger partial charge in [-0.2, -0.15) is 5.10 Å². The number of nitrogens with zero attached hydrogens (tertiary/aromatic N) is 3. The number of hydrogen-bond donors (Lipinski definition) is 2. The summed E-state index contributed by atoms with van der Waals surface area (Å²) in [4.78, 5) is 29.2. The third-order valence-corrected chi connectivity index (χ3v) is 4.87. The fraction of sp³-hybridized carbons (Fsp3) is 0.250. The maximum atomic E-state index is 12.6. The highest BCUT2D eigenvalue weighted by atomic mass is 16.2. The zero-order valence-electron chi connectivity index (χ0n) is 15.1. The molecule has 1 aliphatic rings. The van der Waals surface area contributed by atoms with Gasteiger partial charge in [0.25, 0.3) is 11.8 Å². The van der Waals surface area contributed by atoms with Crippen LogP contribution in [0.5, 0.6) is 0 Å². The highest BCUT2D eigenvalue weighted by Gasteiger charge is 2.20. The van der Waals surface area contributed by atoms with E-state index in [0.29, 0.717) is 16.9 Å². The molecule has 0 spiro atoms. The minimum absolute atomic E-state index is 0.0271. The van der Waals surface area contributed by atoms with Gasteiger partial charge in [0.15, 0.2) is 5.69 Å². The van der Waals surface area contributed by atoms with Crippen molar-refractivity contribution in [2.75, 3.05) is 38.5 Å². The van der Waals surface area contributed by atoms with Crippen LogP contribution in [-0.4, -0.2) is 65.0 Å². The van der Waals surface area contributed by atoms with Crippen LogP contribution in [0.1, 0.15) is 20.8 Å². The van der Waals surface area contributed by atoms with Gasteiger partial charge < -0.3 is 15.1 Å². The Balaban J connectivity index is 1.44. The molecule has 1 aromatic heterocycles. The van der Waals surface area contributed by atoms with Crippen molar-refractivity contribution in [2.24, 2.45) is 0 Å². The van der Waals surface area contributed by atoms with E-state index >= 15 is 0 Å². The predicted molar refractivity (Wildman–Crippen MR) is 104 cm³/mol. The lowest BCUT2D eigenvalue weighted by molar-refractivity contribution is 0.0664. The van der Waals surface area contributed by atoms with Gasteiger partial charge in [-0.1, -0.05) is 18.2 Å². The molecule has 1 aliphatic heterocycles. The fourth-order valence-electron chi connectivity index (χ4n) is 3.22. The molecule has 7 nitrogen and oxygen atoms in total. The Labute approximate surface area is 157 Å². The summed E-state index contributed by atoms with van der Waals surface area (Å²) in [6, 6.07) is 14.5. The first-order chi connectivity index (χ1) is 13.1. The molecule has 0 atom stereocenters. The molecule has 0 unspecified atom stereocenters. The van der Waals surface area contributed by atoms with E-state index in [2.05, 4.69) is 27.5 Å². The zero-order valence-corrected chi connectivity index (χ0v) is 15.1. The lowest BCUT2D eigenvalue weighted by atomic mass is 10.1. The summed E-state index contributed by atoms with van der Waals surface area (Å²) in [5.74, 6) is -0.259. The molecule has 2 amide bonds. The number of anilines is 1. The molecule has 0 radical (unpaired) electrons. The third kappa shape index (κ3) is 3.54. The quantitative estimate of drug-likeness (QED) is 0.748. The number of carbonyl (C=O) groups is 2. The van der Waals surface area contributed by atoms with Gasteiger partial charge in [0.2, 0.25) is 0 Å². The van der Waals surface area contributed by atoms with Gasteiger partial charge in [0.05, 0.1) is 5.52 Å². The van der Waals surface area contributed by atoms with Crippen molar-refractivity contribution in [1.82, 2.24) is 20.0 Å². The Kier molecular flexibility index (Phi) is 4.60. The molecule has 27 heavy (non-hydrogen) atoms. The Hall–Kier alpha value is -3.19. The predicted octanol–water partition coefficient (Wildman–Crippen LogP) is 2.20. The van der Waals surface area contributed by atoms with Gasteiger partial charge in [-0.05, 0) is 37.4 Å². The van der Waals surface area contributed by atoms with Crippen LogP contribution in [0, 0.1) is 0 Å². The molecule has 1 fully saturated rings. The molecule has 138 valence electrons. The summed E-state index contributed by atoms with van der Waals surface area (Å²) in [6.45, 7) is 3.25. The van der Waals surface area contributed by atoms with Crippen molar-refractivity contribution in [3.05, 3.63) is 59.8 Å². The molecule has 2 heterocycles. The van der Waals surface area contributed by atoms with E-state index in [1.165, 1.54) is 0 Å². The number of likely N-dealkylation sites (N-methyl/N-ethyl adjacent to an activating group) is 1. The maximum Gasteiger partial charge on any atom is 0.276 e. The summed E-state index contributed by atoms with van der Waals surface area (Å²) >= 11 is 0. The van der Waals surface area contributed by atoms with Crippen molar-refractivity contribution in [2.45, 2.75) is 0 Å². The van der Waals surface area contributed by atoms with E-state index in [4.69, 9.17) is 0 Å². The van der Waals surface area contributed by atoms with Gasteiger partial charge in [-0.3, -0.25) is 14.7 Å². The molecular weight excluding hydrogens is 342 g/mol. The van der Waals surface area contributed by atoms with E-state index in [0.717, 1.165) is 37.1 Å². The van der Waals surface area contributed by atoms with Crippen LogP contribution in [0.15, 0.2) is 48.5 Å². The lowest BCUT2D eigenvalue weighted by Crippen LogP contribution is -2.47. The summed E-state index contributed by atoms with van der Waals surface area (Å²) in [5.41, 5.74) is 2.42. The largest absolute Gasteiger partial charge is 0.336 e. The van der Waals surface area contributed by atoms with E-state index in [1.807, 2.05) is 29.2 Å². The Bertz CT molecular complexity index is 971. The van der Waals surface area contributed by atoms with Gasteiger partial charge in [-0.25, -0.2) is 0 Å². The number of piperazine rings is 1. The molecule has 2 N–H and O–H groups in total. The first-order valence-corrected chi connectivity index (χ1v) is 8.94. The number of benzene rings is 2. The SMILES string of the molecule is CN1CCN(C(=O)c2ccc(NC(=O)c3n[nH]c4ccccc34)cc2)CC1. The number of para-hydroxylation sites is 1. The number of H-pyrrole nitrogens is 1. The Morgan fingerprint density at radius 3 is 2.44 bits per heavy atom. The van der Waals surface area contributed by atoms with Crippen LogP contribution in [0.25, 0.3) is 10.9 Å². The van der Waals surface area contributed by atoms with Gasteiger partial charge in [-0.15, -0.1) is 0 Å². The molecule has 0 saturated carbocycles. The van der Waals surface area contributed by atoms with Crippen LogP contribution in [-0.2, 0) is 0 Å². The van der Waals surface area contributed by atoms with Crippen LogP contribution < -0.4 is 5.32 Å². The summed E-state index contributed by atoms with van der Waals surface area (Å²) < 4.78 is 0. The Morgan fingerprint density at radius 1 is 1.00 bits per heavy atom. The zero-order chi connectivity index (χ0) is 18.8. The number of rotatable bonds is 3. The molecule has 7 heteroatoms. The second-order valence-electron chi connectivity index (χ2n) is 6.74. The minimum atomic E-state index is -0.286. The normalized spacial score (nSPS) is 15.1. The minimum Gasteiger partial charge on any atom is -0.336 e. The molecule has 4 rings (SSSR count). The topological polar surface area (TPSA) is 81.3 Å². The van der Waals surface area contributed by atoms with Gasteiger partial charge >= 0.3 is 0 Å². The fourth-order valence-corrected chi connectivity index (χ4v) is 3.22. The molecule has 1 saturated heterocycles. The van der Waals surface area contributed by atoms with Crippen LogP contribution in [0.3, 0.4) is 0 Å². The smallest absolute Gasteiger partial charge is 0.276 e. The highest BCUT2D eigenvalue weighted by molar-refractivity contribution is 6.11. The Morgan fingerprint density at radius 2 is 1.70 bits per heavy atom. The number of aromatic amines is 1. The van der Waals surface area contributed by atoms with Crippen molar-refractivity contribution >= 4 is 28.4 Å². The second kappa shape index (κ2) is 7.20. The summed E-state index contributed by atoms with van der Waals surface area (Å²) in [5, 5.41) is 10.6. The number of nitrogens with one attached hydrogen (secondary N) is 2. The molecule has 2 aromatic carbocycles. The van der Waals surface area contributed by atoms with Crippen LogP contribution in [0.4, 0.5) is 5.69 Å². The summed E-state index contributed by atoms with van der Waals surface area (Å²) in [6.07, 6.45) is 0. The van der Waals surface area contributed by atoms with Crippen molar-refractivity contribution < 1.29 is 9.59 Å². The average Bonchev–Trinajstić information content (AvgIpc) is 3.13. The number of carbonyl (C=O) groups excluding carboxylic acids is 2. The first kappa shape index (κ1) is 17.2. The number of aromatic nitrogens is 2. The van der Waals surface area contributed by atoms with Gasteiger partial charge in [0, 0.05) is 42.8 Å². The second-order valence-corrected chi connectivity index (χ2v) is 6.74. The molecule has 0 bridgehead atoms. The van der Waals surface area contributed by atoms with Crippen LogP contribution >= 0.6 is 0 Å². The van der Waals surface area contributed by atoms with Crippen molar-refractivity contribution in [3.63, 3.8) is 0 Å². The number of hydrogen-bond acceptors (Lipinski definition) is 4. The van der Waals surface area contributed by atoms with Crippen LogP contribution in [0.2, 0.25) is 0 Å². The first-order valence-electron chi connectivity index (χ1n) is 8.94. The molecule has 0 aliphatic carbocycles. The van der Waals surface area contributed by atoms with Crippen molar-refractivity contribution in [3.8, 4) is 0 Å². The monoisotopic (exact) mass is 363 g/mol. The standard InChI is InChI=1S/C20H21N5O2/c1-24-10-12-25(13-11-24)20(27)14-6-8-15(9-7-14)21-19(26)18-16-4-2-3-5-17(16)22-23-18/h2-9H,10-13H2,1H3,(H,21,26)(H,22,23). The van der Waals surface area contributed by atoms with E-state index in [-0.39, 0.29) is 11.8 Å². The molecular formula is C20H21N5O2. The number of fused-ring (bicyclic) bond motifs is 1. The number of amides is 2. The highest BCUT2D eigenvalue weighted by Crippen LogP contribution is 2.18.